The van der Waals surface area contributed by atoms with Crippen LogP contribution in [0.4, 0.5) is 0 Å². The van der Waals surface area contributed by atoms with Crippen molar-refractivity contribution >= 4 is 11.9 Å². The normalized spacial score (nSPS) is 28.4. The summed E-state index contributed by atoms with van der Waals surface area (Å²) in [5.74, 6) is -0.454. The summed E-state index contributed by atoms with van der Waals surface area (Å²) < 4.78 is 10.7. The quantitative estimate of drug-likeness (QED) is 0.911. The Labute approximate surface area is 122 Å². The summed E-state index contributed by atoms with van der Waals surface area (Å²) in [6.07, 6.45) is 2.60. The minimum absolute atomic E-state index is 0.135. The average Bonchev–Trinajstić information content (AvgIpc) is 3.11. The maximum Gasteiger partial charge on any atom is 0.311 e. The molecule has 0 unspecified atom stereocenters. The van der Waals surface area contributed by atoms with E-state index in [1.165, 1.54) is 6.26 Å². The topological polar surface area (TPSA) is 80.0 Å². The fourth-order valence-corrected chi connectivity index (χ4v) is 3.43. The van der Waals surface area contributed by atoms with Gasteiger partial charge in [0.25, 0.3) is 5.91 Å². The molecule has 114 valence electrons. The monoisotopic (exact) mass is 293 g/mol. The first-order valence-corrected chi connectivity index (χ1v) is 7.25. The van der Waals surface area contributed by atoms with Crippen LogP contribution in [0.5, 0.6) is 0 Å². The second-order valence-electron chi connectivity index (χ2n) is 5.78. The van der Waals surface area contributed by atoms with E-state index in [2.05, 4.69) is 0 Å². The van der Waals surface area contributed by atoms with Crippen LogP contribution in [0.1, 0.15) is 29.5 Å². The van der Waals surface area contributed by atoms with Gasteiger partial charge in [-0.3, -0.25) is 9.59 Å². The van der Waals surface area contributed by atoms with E-state index in [4.69, 9.17) is 9.15 Å². The molecule has 0 aliphatic carbocycles. The number of likely N-dealkylation sites (tertiary alicyclic amines) is 1. The number of hydrogen-bond acceptors (Lipinski definition) is 4. The van der Waals surface area contributed by atoms with Crippen LogP contribution in [0.15, 0.2) is 16.7 Å². The molecular weight excluding hydrogens is 274 g/mol. The number of ether oxygens (including phenoxy) is 1. The number of hydrogen-bond donors (Lipinski definition) is 1. The summed E-state index contributed by atoms with van der Waals surface area (Å²) in [6.45, 7) is 3.45. The minimum atomic E-state index is -0.857. The van der Waals surface area contributed by atoms with Crippen LogP contribution in [-0.4, -0.2) is 48.2 Å². The number of aliphatic carboxylic acids is 1. The summed E-state index contributed by atoms with van der Waals surface area (Å²) >= 11 is 0. The molecule has 0 saturated carbocycles. The molecule has 0 radical (unpaired) electrons. The van der Waals surface area contributed by atoms with Crippen LogP contribution >= 0.6 is 0 Å². The first-order chi connectivity index (χ1) is 10.1. The van der Waals surface area contributed by atoms with Crippen molar-refractivity contribution in [1.29, 1.82) is 0 Å². The Morgan fingerprint density at radius 1 is 1.52 bits per heavy atom. The first kappa shape index (κ1) is 14.1. The summed E-state index contributed by atoms with van der Waals surface area (Å²) in [7, 11) is 0. The highest BCUT2D eigenvalue weighted by molar-refractivity contribution is 5.96. The lowest BCUT2D eigenvalue weighted by molar-refractivity contribution is -0.157. The van der Waals surface area contributed by atoms with Crippen LogP contribution < -0.4 is 0 Å². The van der Waals surface area contributed by atoms with Crippen molar-refractivity contribution in [1.82, 2.24) is 4.90 Å². The highest BCUT2D eigenvalue weighted by atomic mass is 16.5. The van der Waals surface area contributed by atoms with E-state index >= 15 is 0 Å². The molecule has 2 atom stereocenters. The molecule has 1 N–H and O–H groups in total. The number of nitrogens with zero attached hydrogens (tertiary/aromatic N) is 1. The van der Waals surface area contributed by atoms with Gasteiger partial charge < -0.3 is 19.2 Å². The molecular formula is C15H19NO5. The Balaban J connectivity index is 1.85. The van der Waals surface area contributed by atoms with E-state index in [9.17, 15) is 14.7 Å². The zero-order chi connectivity index (χ0) is 15.0. The fraction of sp³-hybridized carbons (Fsp3) is 0.600. The molecule has 2 aliphatic rings. The van der Waals surface area contributed by atoms with Crippen molar-refractivity contribution in [2.45, 2.75) is 19.8 Å². The number of amides is 1. The Morgan fingerprint density at radius 2 is 2.33 bits per heavy atom. The van der Waals surface area contributed by atoms with Gasteiger partial charge >= 0.3 is 5.97 Å². The number of carboxylic acid groups (broad SMARTS) is 1. The van der Waals surface area contributed by atoms with Gasteiger partial charge in [0, 0.05) is 32.0 Å². The summed E-state index contributed by atoms with van der Waals surface area (Å²) in [6, 6.07) is 1.66. The Hall–Kier alpha value is -1.82. The van der Waals surface area contributed by atoms with Gasteiger partial charge in [-0.15, -0.1) is 0 Å². The predicted octanol–water partition coefficient (Wildman–Crippen LogP) is 1.41. The van der Waals surface area contributed by atoms with Crippen LogP contribution in [0, 0.1) is 11.3 Å². The summed E-state index contributed by atoms with van der Waals surface area (Å²) in [5.41, 5.74) is -0.318. The second kappa shape index (κ2) is 5.18. The van der Waals surface area contributed by atoms with Gasteiger partial charge in [0.05, 0.1) is 23.8 Å². The molecule has 3 heterocycles. The number of furan rings is 1. The van der Waals surface area contributed by atoms with Crippen LogP contribution in [-0.2, 0) is 16.0 Å². The third-order valence-corrected chi connectivity index (χ3v) is 4.72. The molecule has 21 heavy (non-hydrogen) atoms. The van der Waals surface area contributed by atoms with Gasteiger partial charge in [0.15, 0.2) is 0 Å². The number of aryl methyl sites for hydroxylation is 1. The van der Waals surface area contributed by atoms with Crippen LogP contribution in [0.3, 0.4) is 0 Å². The maximum absolute atomic E-state index is 12.6. The zero-order valence-corrected chi connectivity index (χ0v) is 12.0. The summed E-state index contributed by atoms with van der Waals surface area (Å²) in [4.78, 5) is 26.0. The summed E-state index contributed by atoms with van der Waals surface area (Å²) in [5, 5.41) is 9.62. The predicted molar refractivity (Wildman–Crippen MR) is 73.0 cm³/mol. The molecule has 6 nitrogen and oxygen atoms in total. The van der Waals surface area contributed by atoms with E-state index < -0.39 is 11.4 Å². The molecule has 1 aromatic rings. The highest BCUT2D eigenvalue weighted by Crippen LogP contribution is 2.43. The van der Waals surface area contributed by atoms with Crippen LogP contribution in [0.25, 0.3) is 0 Å². The van der Waals surface area contributed by atoms with E-state index in [-0.39, 0.29) is 18.4 Å². The molecule has 1 amide bonds. The third-order valence-electron chi connectivity index (χ3n) is 4.72. The van der Waals surface area contributed by atoms with Gasteiger partial charge in [0.1, 0.15) is 5.76 Å². The van der Waals surface area contributed by atoms with Gasteiger partial charge in [0.2, 0.25) is 0 Å². The molecule has 0 bridgehead atoms. The van der Waals surface area contributed by atoms with Gasteiger partial charge in [-0.25, -0.2) is 0 Å². The molecule has 2 saturated heterocycles. The van der Waals surface area contributed by atoms with Crippen LogP contribution in [0.2, 0.25) is 0 Å². The first-order valence-electron chi connectivity index (χ1n) is 7.25. The van der Waals surface area contributed by atoms with E-state index in [1.54, 1.807) is 11.0 Å². The number of carbonyl (C=O) groups is 2. The van der Waals surface area contributed by atoms with Gasteiger partial charge in [-0.2, -0.15) is 0 Å². The molecule has 0 aromatic carbocycles. The second-order valence-corrected chi connectivity index (χ2v) is 5.78. The Kier molecular flexibility index (Phi) is 3.49. The Bertz CT molecular complexity index is 566. The standard InChI is InChI=1S/C15H19NO5/c1-2-12-11(3-5-21-12)13(17)16-7-10-8-20-6-4-15(10,9-16)14(18)19/h3,5,10H,2,4,6-9H2,1H3,(H,18,19)/t10-,15+/m0/s1. The molecule has 0 spiro atoms. The molecule has 6 heteroatoms. The largest absolute Gasteiger partial charge is 0.481 e. The molecule has 1 aromatic heterocycles. The number of fused-ring (bicyclic) bond motifs is 1. The van der Waals surface area contributed by atoms with E-state index in [0.29, 0.717) is 43.9 Å². The number of carbonyl (C=O) groups excluding carboxylic acids is 1. The minimum Gasteiger partial charge on any atom is -0.481 e. The molecule has 3 rings (SSSR count). The fourth-order valence-electron chi connectivity index (χ4n) is 3.43. The average molecular weight is 293 g/mol. The SMILES string of the molecule is CCc1occc1C(=O)N1C[C@H]2COCC[C@@]2(C(=O)O)C1. The van der Waals surface area contributed by atoms with Gasteiger partial charge in [-0.05, 0) is 12.5 Å². The lowest BCUT2D eigenvalue weighted by atomic mass is 9.74. The molecule has 2 fully saturated rings. The van der Waals surface area contributed by atoms with Crippen molar-refractivity contribution in [3.63, 3.8) is 0 Å². The lowest BCUT2D eigenvalue weighted by Gasteiger charge is -2.33. The zero-order valence-electron chi connectivity index (χ0n) is 12.0. The number of rotatable bonds is 3. The van der Waals surface area contributed by atoms with Crippen molar-refractivity contribution in [2.24, 2.45) is 11.3 Å². The Morgan fingerprint density at radius 3 is 3.00 bits per heavy atom. The maximum atomic E-state index is 12.6. The van der Waals surface area contributed by atoms with Crippen molar-refractivity contribution < 1.29 is 23.8 Å². The van der Waals surface area contributed by atoms with E-state index in [1.807, 2.05) is 6.92 Å². The van der Waals surface area contributed by atoms with Crippen molar-refractivity contribution in [3.05, 3.63) is 23.7 Å². The smallest absolute Gasteiger partial charge is 0.311 e. The van der Waals surface area contributed by atoms with Gasteiger partial charge in [-0.1, -0.05) is 6.92 Å². The molecule has 2 aliphatic heterocycles. The number of carboxylic acids is 1. The third kappa shape index (κ3) is 2.14. The highest BCUT2D eigenvalue weighted by Gasteiger charge is 2.55. The lowest BCUT2D eigenvalue weighted by Crippen LogP contribution is -2.45. The van der Waals surface area contributed by atoms with Crippen molar-refractivity contribution in [2.75, 3.05) is 26.3 Å². The van der Waals surface area contributed by atoms with E-state index in [0.717, 1.165) is 0 Å². The van der Waals surface area contributed by atoms with Crippen molar-refractivity contribution in [3.8, 4) is 0 Å².